The molecule has 0 amide bonds. The Balaban J connectivity index is 2.60. The van der Waals surface area contributed by atoms with E-state index in [1.165, 1.54) is 10.9 Å². The van der Waals surface area contributed by atoms with Crippen molar-refractivity contribution >= 4 is 10.9 Å². The highest BCUT2D eigenvalue weighted by Crippen LogP contribution is 2.08. The van der Waals surface area contributed by atoms with Gasteiger partial charge in [-0.3, -0.25) is 0 Å². The van der Waals surface area contributed by atoms with E-state index in [0.29, 0.717) is 6.04 Å². The van der Waals surface area contributed by atoms with Gasteiger partial charge in [0, 0.05) is 12.3 Å². The van der Waals surface area contributed by atoms with Crippen LogP contribution in [-0.2, 0) is 0 Å². The molecule has 62 valence electrons. The molecule has 2 rings (SSSR count). The molecule has 0 atom stereocenters. The van der Waals surface area contributed by atoms with Gasteiger partial charge in [-0.25, -0.2) is 4.57 Å². The van der Waals surface area contributed by atoms with Gasteiger partial charge in [0.25, 0.3) is 0 Å². The molecule has 0 fully saturated rings. The molecular formula is C10H13N2+. The van der Waals surface area contributed by atoms with Crippen LogP contribution < -0.4 is 4.57 Å². The molecule has 2 nitrogen and oxygen atoms in total. The maximum Gasteiger partial charge on any atom is 0.178 e. The molecule has 0 saturated heterocycles. The Hall–Kier alpha value is -1.31. The molecule has 1 N–H and O–H groups in total. The highest BCUT2D eigenvalue weighted by Gasteiger charge is 2.06. The smallest absolute Gasteiger partial charge is 0.178 e. The molecule has 0 spiro atoms. The highest BCUT2D eigenvalue weighted by atomic mass is 15.0. The summed E-state index contributed by atoms with van der Waals surface area (Å²) >= 11 is 0. The molecule has 0 radical (unpaired) electrons. The number of rotatable bonds is 1. The van der Waals surface area contributed by atoms with Gasteiger partial charge in [0.05, 0.1) is 10.9 Å². The number of nitrogens with zero attached hydrogens (tertiary/aromatic N) is 1. The second-order valence-corrected chi connectivity index (χ2v) is 3.33. The summed E-state index contributed by atoms with van der Waals surface area (Å²) in [7, 11) is 0. The maximum atomic E-state index is 3.17. The molecule has 2 heterocycles. The van der Waals surface area contributed by atoms with Crippen LogP contribution in [0.25, 0.3) is 10.9 Å². The van der Waals surface area contributed by atoms with Crippen molar-refractivity contribution in [2.75, 3.05) is 0 Å². The number of aromatic nitrogens is 2. The van der Waals surface area contributed by atoms with Gasteiger partial charge in [0.15, 0.2) is 18.4 Å². The van der Waals surface area contributed by atoms with Crippen LogP contribution in [0.2, 0.25) is 0 Å². The monoisotopic (exact) mass is 161 g/mol. The van der Waals surface area contributed by atoms with Gasteiger partial charge in [0.1, 0.15) is 0 Å². The van der Waals surface area contributed by atoms with Crippen LogP contribution in [0.4, 0.5) is 0 Å². The van der Waals surface area contributed by atoms with Crippen molar-refractivity contribution in [3.63, 3.8) is 0 Å². The van der Waals surface area contributed by atoms with E-state index < -0.39 is 0 Å². The van der Waals surface area contributed by atoms with Crippen LogP contribution >= 0.6 is 0 Å². The lowest BCUT2D eigenvalue weighted by Crippen LogP contribution is -2.34. The Morgan fingerprint density at radius 1 is 1.33 bits per heavy atom. The standard InChI is InChI=1S/C10H12N2/c1-8(2)12-6-4-10-9(7-12)3-5-11-10/h3-8H,1-2H3/p+1. The first-order chi connectivity index (χ1) is 5.77. The first kappa shape index (κ1) is 7.35. The van der Waals surface area contributed by atoms with E-state index in [2.05, 4.69) is 47.9 Å². The first-order valence-corrected chi connectivity index (χ1v) is 4.25. The highest BCUT2D eigenvalue weighted by molar-refractivity contribution is 5.76. The van der Waals surface area contributed by atoms with E-state index in [9.17, 15) is 0 Å². The van der Waals surface area contributed by atoms with E-state index in [-0.39, 0.29) is 0 Å². The van der Waals surface area contributed by atoms with Crippen molar-refractivity contribution in [2.24, 2.45) is 0 Å². The van der Waals surface area contributed by atoms with Gasteiger partial charge in [0.2, 0.25) is 0 Å². The number of pyridine rings is 1. The number of fused-ring (bicyclic) bond motifs is 1. The van der Waals surface area contributed by atoms with Crippen LogP contribution in [0.1, 0.15) is 19.9 Å². The lowest BCUT2D eigenvalue weighted by atomic mass is 10.3. The fourth-order valence-electron chi connectivity index (χ4n) is 1.34. The molecule has 0 bridgehead atoms. The van der Waals surface area contributed by atoms with E-state index in [1.807, 2.05) is 6.20 Å². The maximum absolute atomic E-state index is 3.17. The lowest BCUT2D eigenvalue weighted by Gasteiger charge is -1.98. The number of H-pyrrole nitrogens is 1. The zero-order valence-electron chi connectivity index (χ0n) is 7.41. The fourth-order valence-corrected chi connectivity index (χ4v) is 1.34. The summed E-state index contributed by atoms with van der Waals surface area (Å²) in [6.45, 7) is 4.36. The lowest BCUT2D eigenvalue weighted by molar-refractivity contribution is -0.715. The van der Waals surface area contributed by atoms with Crippen LogP contribution in [0.5, 0.6) is 0 Å². The molecule has 0 aliphatic heterocycles. The largest absolute Gasteiger partial charge is 0.361 e. The predicted octanol–water partition coefficient (Wildman–Crippen LogP) is 2.04. The SMILES string of the molecule is CC(C)[n+]1ccc2[nH]ccc2c1. The Bertz CT molecular complexity index is 387. The number of hydrogen-bond acceptors (Lipinski definition) is 0. The van der Waals surface area contributed by atoms with E-state index in [0.717, 1.165) is 0 Å². The molecule has 2 heteroatoms. The summed E-state index contributed by atoms with van der Waals surface area (Å²) in [5.74, 6) is 0. The third-order valence-electron chi connectivity index (χ3n) is 2.11. The average molecular weight is 161 g/mol. The quantitative estimate of drug-likeness (QED) is 0.617. The van der Waals surface area contributed by atoms with Crippen LogP contribution in [0.15, 0.2) is 30.7 Å². The minimum Gasteiger partial charge on any atom is -0.361 e. The third kappa shape index (κ3) is 1.09. The Labute approximate surface area is 71.8 Å². The van der Waals surface area contributed by atoms with Crippen molar-refractivity contribution < 1.29 is 4.57 Å². The van der Waals surface area contributed by atoms with Gasteiger partial charge in [-0.05, 0) is 19.9 Å². The minimum absolute atomic E-state index is 0.532. The summed E-state index contributed by atoms with van der Waals surface area (Å²) in [6, 6.07) is 4.73. The van der Waals surface area contributed by atoms with Gasteiger partial charge in [-0.2, -0.15) is 0 Å². The summed E-state index contributed by atoms with van der Waals surface area (Å²) in [6.07, 6.45) is 6.23. The molecule has 0 unspecified atom stereocenters. The molecule has 0 aromatic carbocycles. The number of nitrogens with one attached hydrogen (secondary N) is 1. The molecule has 2 aromatic rings. The summed E-state index contributed by atoms with van der Waals surface area (Å²) < 4.78 is 2.20. The molecular weight excluding hydrogens is 148 g/mol. The van der Waals surface area contributed by atoms with E-state index in [4.69, 9.17) is 0 Å². The number of aromatic amines is 1. The van der Waals surface area contributed by atoms with Crippen molar-refractivity contribution in [3.05, 3.63) is 30.7 Å². The van der Waals surface area contributed by atoms with Gasteiger partial charge < -0.3 is 4.98 Å². The molecule has 2 aromatic heterocycles. The molecule has 12 heavy (non-hydrogen) atoms. The van der Waals surface area contributed by atoms with Crippen molar-refractivity contribution in [3.8, 4) is 0 Å². The van der Waals surface area contributed by atoms with Crippen molar-refractivity contribution in [1.29, 1.82) is 0 Å². The second-order valence-electron chi connectivity index (χ2n) is 3.33. The van der Waals surface area contributed by atoms with E-state index in [1.54, 1.807) is 0 Å². The second kappa shape index (κ2) is 2.63. The van der Waals surface area contributed by atoms with Crippen molar-refractivity contribution in [1.82, 2.24) is 4.98 Å². The predicted molar refractivity (Wildman–Crippen MR) is 48.9 cm³/mol. The summed E-state index contributed by atoms with van der Waals surface area (Å²) in [5.41, 5.74) is 1.20. The molecule has 0 aliphatic carbocycles. The van der Waals surface area contributed by atoms with Gasteiger partial charge in [-0.1, -0.05) is 0 Å². The van der Waals surface area contributed by atoms with Gasteiger partial charge >= 0.3 is 0 Å². The Kier molecular flexibility index (Phi) is 1.61. The zero-order valence-corrected chi connectivity index (χ0v) is 7.41. The normalized spacial score (nSPS) is 11.2. The fraction of sp³-hybridized carbons (Fsp3) is 0.300. The summed E-state index contributed by atoms with van der Waals surface area (Å²) in [4.78, 5) is 3.17. The van der Waals surface area contributed by atoms with Crippen LogP contribution in [0, 0.1) is 0 Å². The van der Waals surface area contributed by atoms with Crippen molar-refractivity contribution in [2.45, 2.75) is 19.9 Å². The first-order valence-electron chi connectivity index (χ1n) is 4.25. The molecule has 0 aliphatic rings. The summed E-state index contributed by atoms with van der Waals surface area (Å²) in [5, 5.41) is 1.27. The third-order valence-corrected chi connectivity index (χ3v) is 2.11. The van der Waals surface area contributed by atoms with Gasteiger partial charge in [-0.15, -0.1) is 0 Å². The van der Waals surface area contributed by atoms with E-state index >= 15 is 0 Å². The van der Waals surface area contributed by atoms with Crippen LogP contribution in [-0.4, -0.2) is 4.98 Å². The zero-order chi connectivity index (χ0) is 8.55. The minimum atomic E-state index is 0.532. The number of hydrogen-bond donors (Lipinski definition) is 1. The molecule has 0 saturated carbocycles. The van der Waals surface area contributed by atoms with Crippen LogP contribution in [0.3, 0.4) is 0 Å². The average Bonchev–Trinajstić information content (AvgIpc) is 2.49. The Morgan fingerprint density at radius 2 is 2.17 bits per heavy atom. The topological polar surface area (TPSA) is 19.7 Å². The Morgan fingerprint density at radius 3 is 2.92 bits per heavy atom.